The van der Waals surface area contributed by atoms with Crippen LogP contribution in [-0.4, -0.2) is 27.4 Å². The van der Waals surface area contributed by atoms with Crippen molar-refractivity contribution in [3.63, 3.8) is 0 Å². The van der Waals surface area contributed by atoms with Gasteiger partial charge >= 0.3 is 5.69 Å². The Morgan fingerprint density at radius 2 is 2.31 bits per heavy atom. The molecular weight excluding hydrogens is 212 g/mol. The molecule has 16 heavy (non-hydrogen) atoms. The molecule has 0 bridgehead atoms. The molecule has 2 atom stereocenters. The minimum Gasteiger partial charge on any atom is -0.394 e. The van der Waals surface area contributed by atoms with E-state index in [4.69, 9.17) is 9.84 Å². The van der Waals surface area contributed by atoms with E-state index in [9.17, 15) is 9.59 Å². The van der Waals surface area contributed by atoms with Gasteiger partial charge in [-0.2, -0.15) is 0 Å². The number of hydrogen-bond acceptors (Lipinski definition) is 4. The average Bonchev–Trinajstić information content (AvgIpc) is 2.29. The molecule has 0 aliphatic carbocycles. The highest BCUT2D eigenvalue weighted by Crippen LogP contribution is 2.24. The Morgan fingerprint density at radius 3 is 3.00 bits per heavy atom. The van der Waals surface area contributed by atoms with Gasteiger partial charge in [0.15, 0.2) is 0 Å². The van der Waals surface area contributed by atoms with Gasteiger partial charge in [0.25, 0.3) is 5.56 Å². The van der Waals surface area contributed by atoms with Crippen molar-refractivity contribution in [3.8, 4) is 0 Å². The van der Waals surface area contributed by atoms with Gasteiger partial charge in [-0.3, -0.25) is 4.79 Å². The molecule has 1 aromatic rings. The zero-order valence-corrected chi connectivity index (χ0v) is 8.76. The van der Waals surface area contributed by atoms with Crippen LogP contribution in [0.5, 0.6) is 0 Å². The van der Waals surface area contributed by atoms with Crippen LogP contribution in [0.15, 0.2) is 21.9 Å². The summed E-state index contributed by atoms with van der Waals surface area (Å²) in [4.78, 5) is 25.5. The van der Waals surface area contributed by atoms with E-state index < -0.39 is 11.9 Å². The fraction of sp³-hybridized carbons (Fsp3) is 0.600. The normalized spacial score (nSPS) is 25.6. The summed E-state index contributed by atoms with van der Waals surface area (Å²) in [5.74, 6) is 0. The highest BCUT2D eigenvalue weighted by atomic mass is 16.5. The minimum absolute atomic E-state index is 0.0873. The number of aromatic amines is 1. The molecule has 2 heterocycles. The lowest BCUT2D eigenvalue weighted by Crippen LogP contribution is -2.41. The van der Waals surface area contributed by atoms with Crippen molar-refractivity contribution in [1.82, 2.24) is 9.55 Å². The van der Waals surface area contributed by atoms with Gasteiger partial charge in [-0.05, 0) is 19.3 Å². The molecule has 1 aliphatic heterocycles. The number of ether oxygens (including phenoxy) is 1. The maximum Gasteiger partial charge on any atom is 0.330 e. The third-order valence-electron chi connectivity index (χ3n) is 2.71. The zero-order chi connectivity index (χ0) is 11.5. The van der Waals surface area contributed by atoms with Gasteiger partial charge in [0.05, 0.1) is 12.7 Å². The van der Waals surface area contributed by atoms with Gasteiger partial charge in [0, 0.05) is 12.3 Å². The second-order valence-corrected chi connectivity index (χ2v) is 3.82. The van der Waals surface area contributed by atoms with Gasteiger partial charge in [-0.25, -0.2) is 9.36 Å². The number of hydrogen-bond donors (Lipinski definition) is 2. The van der Waals surface area contributed by atoms with Gasteiger partial charge in [-0.1, -0.05) is 0 Å². The summed E-state index contributed by atoms with van der Waals surface area (Å²) >= 11 is 0. The van der Waals surface area contributed by atoms with E-state index in [0.717, 1.165) is 17.4 Å². The summed E-state index contributed by atoms with van der Waals surface area (Å²) in [6.07, 6.45) is 2.66. The fourth-order valence-corrected chi connectivity index (χ4v) is 1.91. The molecule has 6 nitrogen and oxygen atoms in total. The van der Waals surface area contributed by atoms with Crippen molar-refractivity contribution < 1.29 is 9.84 Å². The topological polar surface area (TPSA) is 84.3 Å². The van der Waals surface area contributed by atoms with E-state index in [1.54, 1.807) is 0 Å². The highest BCUT2D eigenvalue weighted by Gasteiger charge is 2.24. The van der Waals surface area contributed by atoms with Crippen molar-refractivity contribution in [3.05, 3.63) is 33.1 Å². The quantitative estimate of drug-likeness (QED) is 0.718. The summed E-state index contributed by atoms with van der Waals surface area (Å²) in [7, 11) is 0. The standard InChI is InChI=1S/C10H14N2O4/c13-6-7-2-1-3-9(16-7)12-8(14)4-5-11-10(12)15/h4-5,7,9,13H,1-3,6H2,(H,11,15)/t7-,9+/m0/s1. The van der Waals surface area contributed by atoms with Crippen LogP contribution in [0.3, 0.4) is 0 Å². The molecule has 0 saturated carbocycles. The van der Waals surface area contributed by atoms with E-state index >= 15 is 0 Å². The second kappa shape index (κ2) is 4.63. The third kappa shape index (κ3) is 2.07. The van der Waals surface area contributed by atoms with Gasteiger partial charge < -0.3 is 14.8 Å². The first kappa shape index (κ1) is 11.1. The summed E-state index contributed by atoms with van der Waals surface area (Å²) in [6, 6.07) is 1.29. The van der Waals surface area contributed by atoms with E-state index in [-0.39, 0.29) is 18.3 Å². The summed E-state index contributed by atoms with van der Waals surface area (Å²) in [5.41, 5.74) is -0.858. The number of H-pyrrole nitrogens is 1. The highest BCUT2D eigenvalue weighted by molar-refractivity contribution is 4.85. The number of rotatable bonds is 2. The lowest BCUT2D eigenvalue weighted by atomic mass is 10.1. The summed E-state index contributed by atoms with van der Waals surface area (Å²) in [5, 5.41) is 9.00. The third-order valence-corrected chi connectivity index (χ3v) is 2.71. The van der Waals surface area contributed by atoms with Crippen molar-refractivity contribution in [1.29, 1.82) is 0 Å². The van der Waals surface area contributed by atoms with Crippen LogP contribution in [-0.2, 0) is 4.74 Å². The molecule has 2 rings (SSSR count). The Balaban J connectivity index is 2.30. The van der Waals surface area contributed by atoms with Crippen LogP contribution >= 0.6 is 0 Å². The minimum atomic E-state index is -0.566. The smallest absolute Gasteiger partial charge is 0.330 e. The SMILES string of the molecule is O=c1cc[nH]c(=O)n1[C@H]1CCC[C@@H](CO)O1. The Hall–Kier alpha value is -1.40. The Kier molecular flexibility index (Phi) is 3.21. The summed E-state index contributed by atoms with van der Waals surface area (Å²) < 4.78 is 6.53. The van der Waals surface area contributed by atoms with Crippen LogP contribution in [0, 0.1) is 0 Å². The van der Waals surface area contributed by atoms with Crippen molar-refractivity contribution >= 4 is 0 Å². The Morgan fingerprint density at radius 1 is 1.50 bits per heavy atom. The number of nitrogens with one attached hydrogen (secondary N) is 1. The largest absolute Gasteiger partial charge is 0.394 e. The van der Waals surface area contributed by atoms with Crippen LogP contribution in [0.1, 0.15) is 25.5 Å². The first-order chi connectivity index (χ1) is 7.72. The average molecular weight is 226 g/mol. The monoisotopic (exact) mass is 226 g/mol. The van der Waals surface area contributed by atoms with E-state index in [1.165, 1.54) is 12.3 Å². The lowest BCUT2D eigenvalue weighted by molar-refractivity contribution is -0.110. The van der Waals surface area contributed by atoms with Gasteiger partial charge in [-0.15, -0.1) is 0 Å². The molecule has 0 unspecified atom stereocenters. The molecule has 1 saturated heterocycles. The Labute approximate surface area is 91.5 Å². The molecule has 1 aliphatic rings. The maximum absolute atomic E-state index is 11.5. The molecule has 1 aromatic heterocycles. The first-order valence-electron chi connectivity index (χ1n) is 5.29. The van der Waals surface area contributed by atoms with Crippen LogP contribution < -0.4 is 11.2 Å². The van der Waals surface area contributed by atoms with Gasteiger partial charge in [0.1, 0.15) is 6.23 Å². The molecule has 6 heteroatoms. The van der Waals surface area contributed by atoms with Crippen LogP contribution in [0.25, 0.3) is 0 Å². The number of aliphatic hydroxyl groups excluding tert-OH is 1. The second-order valence-electron chi connectivity index (χ2n) is 3.82. The summed E-state index contributed by atoms with van der Waals surface area (Å²) in [6.45, 7) is -0.0873. The fourth-order valence-electron chi connectivity index (χ4n) is 1.91. The van der Waals surface area contributed by atoms with E-state index in [2.05, 4.69) is 4.98 Å². The molecule has 0 radical (unpaired) electrons. The van der Waals surface area contributed by atoms with Crippen LogP contribution in [0.2, 0.25) is 0 Å². The lowest BCUT2D eigenvalue weighted by Gasteiger charge is -2.29. The predicted molar refractivity (Wildman–Crippen MR) is 56.2 cm³/mol. The molecular formula is C10H14N2O4. The van der Waals surface area contributed by atoms with Crippen molar-refractivity contribution in [2.75, 3.05) is 6.61 Å². The number of aromatic nitrogens is 2. The molecule has 0 aromatic carbocycles. The van der Waals surface area contributed by atoms with Crippen molar-refractivity contribution in [2.24, 2.45) is 0 Å². The van der Waals surface area contributed by atoms with Gasteiger partial charge in [0.2, 0.25) is 0 Å². The molecule has 1 fully saturated rings. The first-order valence-corrected chi connectivity index (χ1v) is 5.29. The predicted octanol–water partition coefficient (Wildman–Crippen LogP) is -0.403. The van der Waals surface area contributed by atoms with E-state index in [1.807, 2.05) is 0 Å². The number of aliphatic hydroxyl groups is 1. The van der Waals surface area contributed by atoms with Crippen LogP contribution in [0.4, 0.5) is 0 Å². The van der Waals surface area contributed by atoms with Crippen molar-refractivity contribution in [2.45, 2.75) is 31.6 Å². The molecule has 0 amide bonds. The molecule has 88 valence electrons. The maximum atomic E-state index is 11.5. The number of nitrogens with zero attached hydrogens (tertiary/aromatic N) is 1. The van der Waals surface area contributed by atoms with E-state index in [0.29, 0.717) is 6.42 Å². The zero-order valence-electron chi connectivity index (χ0n) is 8.76. The molecule has 0 spiro atoms. The Bertz CT molecular complexity index is 436. The molecule has 2 N–H and O–H groups in total.